The summed E-state index contributed by atoms with van der Waals surface area (Å²) in [6, 6.07) is 19.9. The van der Waals surface area contributed by atoms with Gasteiger partial charge in [-0.2, -0.15) is 0 Å². The number of benzene rings is 2. The number of aromatic amines is 1. The van der Waals surface area contributed by atoms with Gasteiger partial charge >= 0.3 is 0 Å². The number of hydrogen-bond donors (Lipinski definition) is 2. The first-order chi connectivity index (χ1) is 12.4. The average Bonchev–Trinajstić information content (AvgIpc) is 3.18. The summed E-state index contributed by atoms with van der Waals surface area (Å²) >= 11 is 0. The molecule has 2 aromatic carbocycles. The van der Waals surface area contributed by atoms with E-state index in [1.54, 1.807) is 6.33 Å². The van der Waals surface area contributed by atoms with Crippen molar-refractivity contribution in [3.8, 4) is 11.3 Å². The highest BCUT2D eigenvalue weighted by atomic mass is 15.2. The van der Waals surface area contributed by atoms with Crippen molar-refractivity contribution in [3.63, 3.8) is 0 Å². The van der Waals surface area contributed by atoms with Crippen molar-refractivity contribution >= 4 is 5.69 Å². The van der Waals surface area contributed by atoms with E-state index in [4.69, 9.17) is 0 Å². The van der Waals surface area contributed by atoms with Gasteiger partial charge in [0.25, 0.3) is 0 Å². The molecule has 1 atom stereocenters. The first kappa shape index (κ1) is 15.9. The molecule has 2 N–H and O–H groups in total. The van der Waals surface area contributed by atoms with Gasteiger partial charge in [-0.15, -0.1) is 0 Å². The highest BCUT2D eigenvalue weighted by Gasteiger charge is 2.19. The third kappa shape index (κ3) is 4.09. The van der Waals surface area contributed by atoms with Gasteiger partial charge in [-0.3, -0.25) is 4.90 Å². The van der Waals surface area contributed by atoms with Gasteiger partial charge in [0.2, 0.25) is 0 Å². The minimum atomic E-state index is 0.510. The molecule has 0 radical (unpaired) electrons. The third-order valence-corrected chi connectivity index (χ3v) is 4.82. The van der Waals surface area contributed by atoms with Crippen LogP contribution < -0.4 is 5.32 Å². The van der Waals surface area contributed by atoms with Crippen molar-refractivity contribution < 1.29 is 0 Å². The molecule has 1 aromatic heterocycles. The Morgan fingerprint density at radius 1 is 1.08 bits per heavy atom. The third-order valence-electron chi connectivity index (χ3n) is 4.82. The Hall–Kier alpha value is -2.59. The zero-order valence-corrected chi connectivity index (χ0v) is 14.4. The van der Waals surface area contributed by atoms with Crippen LogP contribution in [-0.2, 0) is 6.54 Å². The number of nitrogens with one attached hydrogen (secondary N) is 2. The predicted octanol–water partition coefficient (Wildman–Crippen LogP) is 4.15. The Balaban J connectivity index is 1.35. The van der Waals surface area contributed by atoms with Crippen LogP contribution in [-0.4, -0.2) is 34.0 Å². The maximum Gasteiger partial charge on any atom is 0.0924 e. The van der Waals surface area contributed by atoms with Crippen LogP contribution in [0.3, 0.4) is 0 Å². The summed E-state index contributed by atoms with van der Waals surface area (Å²) in [4.78, 5) is 9.78. The molecule has 1 aliphatic rings. The van der Waals surface area contributed by atoms with Crippen molar-refractivity contribution in [1.29, 1.82) is 0 Å². The van der Waals surface area contributed by atoms with E-state index in [0.29, 0.717) is 6.04 Å². The van der Waals surface area contributed by atoms with Crippen LogP contribution in [0, 0.1) is 0 Å². The largest absolute Gasteiger partial charge is 0.381 e. The number of H-pyrrole nitrogens is 1. The molecule has 1 fully saturated rings. The smallest absolute Gasteiger partial charge is 0.0924 e. The van der Waals surface area contributed by atoms with Gasteiger partial charge in [0, 0.05) is 24.8 Å². The van der Waals surface area contributed by atoms with Crippen LogP contribution in [0.25, 0.3) is 11.3 Å². The number of hydrogen-bond acceptors (Lipinski definition) is 3. The molecule has 4 rings (SSSR count). The molecule has 1 saturated heterocycles. The molecular formula is C21H24N4. The molecule has 3 aromatic rings. The molecular weight excluding hydrogens is 308 g/mol. The Labute approximate surface area is 148 Å². The second kappa shape index (κ2) is 7.53. The summed E-state index contributed by atoms with van der Waals surface area (Å²) in [7, 11) is 0. The van der Waals surface area contributed by atoms with Gasteiger partial charge in [-0.25, -0.2) is 4.98 Å². The Bertz CT molecular complexity index is 765. The van der Waals surface area contributed by atoms with E-state index in [0.717, 1.165) is 24.3 Å². The van der Waals surface area contributed by atoms with Crippen molar-refractivity contribution in [2.24, 2.45) is 0 Å². The average molecular weight is 332 g/mol. The number of rotatable bonds is 5. The lowest BCUT2D eigenvalue weighted by atomic mass is 10.0. The van der Waals surface area contributed by atoms with E-state index in [2.05, 4.69) is 74.8 Å². The van der Waals surface area contributed by atoms with E-state index in [9.17, 15) is 0 Å². The Morgan fingerprint density at radius 3 is 2.68 bits per heavy atom. The van der Waals surface area contributed by atoms with Crippen molar-refractivity contribution in [2.45, 2.75) is 25.4 Å². The summed E-state index contributed by atoms with van der Waals surface area (Å²) in [6.07, 6.45) is 6.04. The maximum absolute atomic E-state index is 4.08. The summed E-state index contributed by atoms with van der Waals surface area (Å²) in [5, 5.41) is 3.70. The zero-order valence-electron chi connectivity index (χ0n) is 14.4. The summed E-state index contributed by atoms with van der Waals surface area (Å²) in [5.74, 6) is 0. The standard InChI is InChI=1S/C21H24N4/c1-2-5-17(6-3-1)14-25-12-4-7-20(15-25)24-19-10-8-18(9-11-19)21-13-22-16-23-21/h1-3,5-6,8-11,13,16,20,24H,4,7,12,14-15H2,(H,22,23). The molecule has 0 amide bonds. The maximum atomic E-state index is 4.08. The molecule has 25 heavy (non-hydrogen) atoms. The van der Waals surface area contributed by atoms with Gasteiger partial charge < -0.3 is 10.3 Å². The van der Waals surface area contributed by atoms with Crippen LogP contribution in [0.1, 0.15) is 18.4 Å². The first-order valence-electron chi connectivity index (χ1n) is 8.98. The fraction of sp³-hybridized carbons (Fsp3) is 0.286. The number of piperidine rings is 1. The van der Waals surface area contributed by atoms with Gasteiger partial charge in [0.05, 0.1) is 18.2 Å². The van der Waals surface area contributed by atoms with Crippen molar-refractivity contribution in [2.75, 3.05) is 18.4 Å². The summed E-state index contributed by atoms with van der Waals surface area (Å²) < 4.78 is 0. The lowest BCUT2D eigenvalue weighted by Gasteiger charge is -2.33. The van der Waals surface area contributed by atoms with E-state index in [1.165, 1.54) is 30.6 Å². The molecule has 0 bridgehead atoms. The Morgan fingerprint density at radius 2 is 1.92 bits per heavy atom. The number of nitrogens with zero attached hydrogens (tertiary/aromatic N) is 2. The highest BCUT2D eigenvalue weighted by molar-refractivity contribution is 5.62. The molecule has 1 aliphatic heterocycles. The second-order valence-corrected chi connectivity index (χ2v) is 6.75. The molecule has 0 spiro atoms. The topological polar surface area (TPSA) is 44.0 Å². The van der Waals surface area contributed by atoms with Gasteiger partial charge in [0.1, 0.15) is 0 Å². The highest BCUT2D eigenvalue weighted by Crippen LogP contribution is 2.21. The first-order valence-corrected chi connectivity index (χ1v) is 8.98. The fourth-order valence-electron chi connectivity index (χ4n) is 3.55. The fourth-order valence-corrected chi connectivity index (χ4v) is 3.55. The zero-order chi connectivity index (χ0) is 16.9. The second-order valence-electron chi connectivity index (χ2n) is 6.75. The van der Waals surface area contributed by atoms with Crippen LogP contribution in [0.5, 0.6) is 0 Å². The number of likely N-dealkylation sites (tertiary alicyclic amines) is 1. The van der Waals surface area contributed by atoms with Crippen molar-refractivity contribution in [1.82, 2.24) is 14.9 Å². The number of aromatic nitrogens is 2. The van der Waals surface area contributed by atoms with Gasteiger partial charge in [0.15, 0.2) is 0 Å². The van der Waals surface area contributed by atoms with E-state index in [1.807, 2.05) is 6.20 Å². The van der Waals surface area contributed by atoms with Gasteiger partial charge in [-0.05, 0) is 42.6 Å². The minimum absolute atomic E-state index is 0.510. The molecule has 0 saturated carbocycles. The summed E-state index contributed by atoms with van der Waals surface area (Å²) in [5.41, 5.74) is 4.80. The predicted molar refractivity (Wildman–Crippen MR) is 102 cm³/mol. The SMILES string of the molecule is c1ccc(CN2CCCC(Nc3ccc(-c4cnc[nH]4)cc3)C2)cc1. The normalized spacial score (nSPS) is 18.2. The monoisotopic (exact) mass is 332 g/mol. The molecule has 0 aliphatic carbocycles. The van der Waals surface area contributed by atoms with Crippen molar-refractivity contribution in [3.05, 3.63) is 72.7 Å². The van der Waals surface area contributed by atoms with Crippen LogP contribution in [0.4, 0.5) is 5.69 Å². The minimum Gasteiger partial charge on any atom is -0.381 e. The van der Waals surface area contributed by atoms with E-state index < -0.39 is 0 Å². The van der Waals surface area contributed by atoms with Crippen LogP contribution in [0.2, 0.25) is 0 Å². The molecule has 4 heteroatoms. The van der Waals surface area contributed by atoms with Crippen LogP contribution in [0.15, 0.2) is 67.1 Å². The molecule has 1 unspecified atom stereocenters. The van der Waals surface area contributed by atoms with E-state index >= 15 is 0 Å². The number of imidazole rings is 1. The quantitative estimate of drug-likeness (QED) is 0.737. The van der Waals surface area contributed by atoms with Gasteiger partial charge in [-0.1, -0.05) is 42.5 Å². The summed E-state index contributed by atoms with van der Waals surface area (Å²) in [6.45, 7) is 3.32. The van der Waals surface area contributed by atoms with Crippen LogP contribution >= 0.6 is 0 Å². The molecule has 4 nitrogen and oxygen atoms in total. The number of anilines is 1. The Kier molecular flexibility index (Phi) is 4.79. The molecule has 2 heterocycles. The lowest BCUT2D eigenvalue weighted by Crippen LogP contribution is -2.41. The van der Waals surface area contributed by atoms with E-state index in [-0.39, 0.29) is 0 Å². The molecule has 128 valence electrons. The lowest BCUT2D eigenvalue weighted by molar-refractivity contribution is 0.208.